The fraction of sp³-hybridized carbons (Fsp3) is 0.154. The second-order valence-corrected chi connectivity index (χ2v) is 7.42. The molecule has 0 aliphatic carbocycles. The summed E-state index contributed by atoms with van der Waals surface area (Å²) in [5.41, 5.74) is 8.87. The number of nitrogens with zero attached hydrogens (tertiary/aromatic N) is 3. The maximum Gasteiger partial charge on any atom is 0.203 e. The number of rotatable bonds is 5. The van der Waals surface area contributed by atoms with Crippen molar-refractivity contribution in [1.29, 1.82) is 0 Å². The number of nitrogen functional groups attached to an aromatic ring is 1. The molecule has 108 valence electrons. The van der Waals surface area contributed by atoms with Crippen molar-refractivity contribution in [3.63, 3.8) is 0 Å². The number of nitrogens with one attached hydrogen (secondary N) is 1. The van der Waals surface area contributed by atoms with E-state index in [1.54, 1.807) is 23.1 Å². The summed E-state index contributed by atoms with van der Waals surface area (Å²) < 4.78 is 0.869. The molecule has 2 aromatic heterocycles. The Kier molecular flexibility index (Phi) is 4.37. The van der Waals surface area contributed by atoms with Crippen molar-refractivity contribution >= 4 is 50.4 Å². The summed E-state index contributed by atoms with van der Waals surface area (Å²) in [6.07, 6.45) is 0. The van der Waals surface area contributed by atoms with Gasteiger partial charge in [-0.05, 0) is 19.1 Å². The third kappa shape index (κ3) is 3.93. The number of thioether (sulfide) groups is 1. The van der Waals surface area contributed by atoms with Crippen molar-refractivity contribution in [1.82, 2.24) is 15.2 Å². The number of aromatic nitrogens is 3. The zero-order valence-electron chi connectivity index (χ0n) is 11.2. The highest BCUT2D eigenvalue weighted by molar-refractivity contribution is 8.00. The van der Waals surface area contributed by atoms with Gasteiger partial charge in [0, 0.05) is 16.8 Å². The topological polar surface area (TPSA) is 76.7 Å². The molecule has 1 aromatic carbocycles. The van der Waals surface area contributed by atoms with E-state index in [1.807, 2.05) is 5.38 Å². The average molecular weight is 335 g/mol. The van der Waals surface area contributed by atoms with Gasteiger partial charge in [-0.1, -0.05) is 40.8 Å². The van der Waals surface area contributed by atoms with Crippen molar-refractivity contribution < 1.29 is 0 Å². The Labute approximate surface area is 134 Å². The number of thiazole rings is 1. The lowest BCUT2D eigenvalue weighted by Gasteiger charge is -2.02. The van der Waals surface area contributed by atoms with Crippen LogP contribution in [0.25, 0.3) is 0 Å². The van der Waals surface area contributed by atoms with Crippen LogP contribution in [0.15, 0.2) is 34.0 Å². The number of hydrogen-bond donors (Lipinski definition) is 2. The van der Waals surface area contributed by atoms with Gasteiger partial charge in [-0.2, -0.15) is 0 Å². The highest BCUT2D eigenvalue weighted by Crippen LogP contribution is 2.29. The minimum Gasteiger partial charge on any atom is -0.374 e. The normalized spacial score (nSPS) is 10.7. The van der Waals surface area contributed by atoms with E-state index in [-0.39, 0.29) is 0 Å². The molecule has 2 heterocycles. The Bertz CT molecular complexity index is 719. The molecule has 5 nitrogen and oxygen atoms in total. The zero-order chi connectivity index (χ0) is 14.7. The second kappa shape index (κ2) is 6.42. The molecule has 3 aromatic rings. The van der Waals surface area contributed by atoms with Gasteiger partial charge >= 0.3 is 0 Å². The molecular weight excluding hydrogens is 322 g/mol. The summed E-state index contributed by atoms with van der Waals surface area (Å²) in [4.78, 5) is 4.56. The van der Waals surface area contributed by atoms with Crippen LogP contribution in [-0.2, 0) is 5.75 Å². The summed E-state index contributed by atoms with van der Waals surface area (Å²) in [7, 11) is 0. The number of aryl methyl sites for hydroxylation is 1. The van der Waals surface area contributed by atoms with E-state index < -0.39 is 0 Å². The van der Waals surface area contributed by atoms with Gasteiger partial charge < -0.3 is 11.1 Å². The van der Waals surface area contributed by atoms with Gasteiger partial charge in [0.1, 0.15) is 0 Å². The van der Waals surface area contributed by atoms with Crippen LogP contribution in [0, 0.1) is 6.92 Å². The average Bonchev–Trinajstić information content (AvgIpc) is 3.08. The fourth-order valence-electron chi connectivity index (χ4n) is 1.61. The molecule has 0 saturated heterocycles. The summed E-state index contributed by atoms with van der Waals surface area (Å²) in [6, 6.07) is 8.25. The van der Waals surface area contributed by atoms with Gasteiger partial charge in [0.25, 0.3) is 0 Å². The molecule has 3 rings (SSSR count). The fourth-order valence-corrected chi connectivity index (χ4v) is 3.97. The number of hydrogen-bond acceptors (Lipinski definition) is 8. The Morgan fingerprint density at radius 3 is 2.76 bits per heavy atom. The summed E-state index contributed by atoms with van der Waals surface area (Å²) in [5, 5.41) is 14.5. The first kappa shape index (κ1) is 14.3. The third-order valence-corrected chi connectivity index (χ3v) is 5.35. The molecule has 8 heteroatoms. The van der Waals surface area contributed by atoms with E-state index in [2.05, 4.69) is 51.7 Å². The molecule has 0 saturated carbocycles. The van der Waals surface area contributed by atoms with Crippen LogP contribution >= 0.6 is 34.4 Å². The number of anilines is 3. The smallest absolute Gasteiger partial charge is 0.203 e. The molecule has 0 aliphatic heterocycles. The largest absolute Gasteiger partial charge is 0.374 e. The minimum atomic E-state index is 0.498. The zero-order valence-corrected chi connectivity index (χ0v) is 13.7. The van der Waals surface area contributed by atoms with Gasteiger partial charge in [-0.3, -0.25) is 0 Å². The highest BCUT2D eigenvalue weighted by Gasteiger charge is 2.06. The van der Waals surface area contributed by atoms with Crippen LogP contribution in [0.3, 0.4) is 0 Å². The van der Waals surface area contributed by atoms with Gasteiger partial charge in [-0.15, -0.1) is 21.5 Å². The Morgan fingerprint density at radius 1 is 1.24 bits per heavy atom. The molecule has 0 bridgehead atoms. The number of nitrogens with two attached hydrogens (primary N) is 1. The quantitative estimate of drug-likeness (QED) is 0.688. The minimum absolute atomic E-state index is 0.498. The lowest BCUT2D eigenvalue weighted by Crippen LogP contribution is -1.90. The Morgan fingerprint density at radius 2 is 2.05 bits per heavy atom. The Hall–Kier alpha value is -1.64. The van der Waals surface area contributed by atoms with Crippen molar-refractivity contribution in [3.8, 4) is 0 Å². The van der Waals surface area contributed by atoms with Crippen molar-refractivity contribution in [2.45, 2.75) is 17.0 Å². The van der Waals surface area contributed by atoms with Crippen LogP contribution in [0.4, 0.5) is 16.0 Å². The van der Waals surface area contributed by atoms with Crippen LogP contribution in [0.1, 0.15) is 11.3 Å². The summed E-state index contributed by atoms with van der Waals surface area (Å²) in [5.74, 6) is 0.765. The second-order valence-electron chi connectivity index (χ2n) is 4.33. The molecule has 0 unspecified atom stereocenters. The van der Waals surface area contributed by atoms with Crippen LogP contribution < -0.4 is 11.1 Å². The van der Waals surface area contributed by atoms with E-state index in [4.69, 9.17) is 5.73 Å². The predicted molar refractivity (Wildman–Crippen MR) is 90.5 cm³/mol. The SMILES string of the molecule is Cc1ccc(Nc2nc(CSc3nnc(N)s3)cs2)cc1. The van der Waals surface area contributed by atoms with E-state index in [0.717, 1.165) is 26.6 Å². The summed E-state index contributed by atoms with van der Waals surface area (Å²) >= 11 is 4.59. The molecule has 0 spiro atoms. The molecule has 0 atom stereocenters. The molecule has 0 radical (unpaired) electrons. The standard InChI is InChI=1S/C13H13N5S3/c1-8-2-4-9(5-3-8)15-12-16-10(6-19-12)7-20-13-18-17-11(14)21-13/h2-6H,7H2,1H3,(H2,14,17)(H,15,16). The van der Waals surface area contributed by atoms with E-state index in [1.165, 1.54) is 16.9 Å². The van der Waals surface area contributed by atoms with E-state index >= 15 is 0 Å². The first-order valence-electron chi connectivity index (χ1n) is 6.19. The lowest BCUT2D eigenvalue weighted by molar-refractivity contribution is 1.02. The molecule has 0 aliphatic rings. The van der Waals surface area contributed by atoms with E-state index in [0.29, 0.717) is 5.13 Å². The van der Waals surface area contributed by atoms with Crippen LogP contribution in [0.5, 0.6) is 0 Å². The van der Waals surface area contributed by atoms with Crippen LogP contribution in [-0.4, -0.2) is 15.2 Å². The van der Waals surface area contributed by atoms with Gasteiger partial charge in [0.05, 0.1) is 5.69 Å². The van der Waals surface area contributed by atoms with E-state index in [9.17, 15) is 0 Å². The number of benzene rings is 1. The first-order valence-corrected chi connectivity index (χ1v) is 8.87. The molecule has 0 amide bonds. The summed E-state index contributed by atoms with van der Waals surface area (Å²) in [6.45, 7) is 2.07. The van der Waals surface area contributed by atoms with Gasteiger partial charge in [0.2, 0.25) is 5.13 Å². The van der Waals surface area contributed by atoms with Crippen molar-refractivity contribution in [3.05, 3.63) is 40.9 Å². The monoisotopic (exact) mass is 335 g/mol. The molecular formula is C13H13N5S3. The van der Waals surface area contributed by atoms with Gasteiger partial charge in [-0.25, -0.2) is 4.98 Å². The molecule has 21 heavy (non-hydrogen) atoms. The maximum absolute atomic E-state index is 5.56. The lowest BCUT2D eigenvalue weighted by atomic mass is 10.2. The first-order chi connectivity index (χ1) is 10.2. The predicted octanol–water partition coefficient (Wildman–Crippen LogP) is 3.92. The highest BCUT2D eigenvalue weighted by atomic mass is 32.2. The molecule has 0 fully saturated rings. The van der Waals surface area contributed by atoms with Crippen molar-refractivity contribution in [2.24, 2.45) is 0 Å². The maximum atomic E-state index is 5.56. The van der Waals surface area contributed by atoms with Gasteiger partial charge in [0.15, 0.2) is 9.47 Å². The third-order valence-electron chi connectivity index (χ3n) is 2.62. The van der Waals surface area contributed by atoms with Crippen LogP contribution in [0.2, 0.25) is 0 Å². The Balaban J connectivity index is 1.59. The van der Waals surface area contributed by atoms with Crippen molar-refractivity contribution in [2.75, 3.05) is 11.1 Å². The molecule has 3 N–H and O–H groups in total.